The van der Waals surface area contributed by atoms with E-state index < -0.39 is 35.4 Å². The second-order valence-corrected chi connectivity index (χ2v) is 6.12. The molecule has 0 bridgehead atoms. The summed E-state index contributed by atoms with van der Waals surface area (Å²) in [6.07, 6.45) is -3.19. The third-order valence-corrected chi connectivity index (χ3v) is 4.41. The molecule has 2 heterocycles. The minimum Gasteiger partial charge on any atom is -0.344 e. The Labute approximate surface area is 146 Å². The first-order valence-corrected chi connectivity index (χ1v) is 7.75. The molecule has 0 radical (unpaired) electrons. The summed E-state index contributed by atoms with van der Waals surface area (Å²) in [7, 11) is 3.13. The molecule has 2 atom stereocenters. The maximum absolute atomic E-state index is 12.7. The van der Waals surface area contributed by atoms with Gasteiger partial charge in [0.05, 0.1) is 5.56 Å². The van der Waals surface area contributed by atoms with Gasteiger partial charge >= 0.3 is 6.18 Å². The number of hydrogen-bond acceptors (Lipinski definition) is 4. The number of likely N-dealkylation sites (tertiary alicyclic amines) is 1. The molecular formula is C16H16F3N5O2. The van der Waals surface area contributed by atoms with Crippen LogP contribution in [0, 0.1) is 5.92 Å². The van der Waals surface area contributed by atoms with Crippen LogP contribution in [0.1, 0.15) is 17.0 Å². The predicted molar refractivity (Wildman–Crippen MR) is 84.9 cm³/mol. The van der Waals surface area contributed by atoms with Crippen molar-refractivity contribution in [3.63, 3.8) is 0 Å². The molecule has 1 aromatic heterocycles. The zero-order chi connectivity index (χ0) is 19.1. The van der Waals surface area contributed by atoms with Crippen LogP contribution in [0.25, 0.3) is 0 Å². The molecule has 1 saturated heterocycles. The van der Waals surface area contributed by atoms with E-state index in [1.807, 2.05) is 0 Å². The second kappa shape index (κ2) is 6.43. The minimum atomic E-state index is -4.44. The molecule has 138 valence electrons. The van der Waals surface area contributed by atoms with Crippen LogP contribution in [-0.2, 0) is 22.8 Å². The first kappa shape index (κ1) is 17.9. The first-order valence-electron chi connectivity index (χ1n) is 7.75. The lowest BCUT2D eigenvalue weighted by Crippen LogP contribution is -2.33. The number of aromatic nitrogens is 3. The predicted octanol–water partition coefficient (Wildman–Crippen LogP) is 1.64. The van der Waals surface area contributed by atoms with Gasteiger partial charge in [0.15, 0.2) is 0 Å². The van der Waals surface area contributed by atoms with E-state index in [4.69, 9.17) is 0 Å². The van der Waals surface area contributed by atoms with Gasteiger partial charge in [-0.15, -0.1) is 0 Å². The van der Waals surface area contributed by atoms with Gasteiger partial charge in [0.1, 0.15) is 12.2 Å². The molecule has 0 aliphatic carbocycles. The number of hydrogen-bond donors (Lipinski definition) is 1. The number of halogens is 3. The van der Waals surface area contributed by atoms with Crippen LogP contribution in [0.2, 0.25) is 0 Å². The van der Waals surface area contributed by atoms with Gasteiger partial charge < -0.3 is 4.90 Å². The zero-order valence-electron chi connectivity index (χ0n) is 14.0. The monoisotopic (exact) mass is 367 g/mol. The molecule has 0 saturated carbocycles. The summed E-state index contributed by atoms with van der Waals surface area (Å²) in [4.78, 5) is 30.3. The summed E-state index contributed by atoms with van der Waals surface area (Å²) in [5.41, 5.74) is -0.284. The van der Waals surface area contributed by atoms with Gasteiger partial charge in [-0.25, -0.2) is 4.68 Å². The summed E-state index contributed by atoms with van der Waals surface area (Å²) in [6.45, 7) is 0.237. The molecule has 2 amide bonds. The molecule has 0 spiro atoms. The number of carbonyl (C=O) groups is 2. The van der Waals surface area contributed by atoms with E-state index in [0.717, 1.165) is 12.1 Å². The van der Waals surface area contributed by atoms with E-state index in [0.29, 0.717) is 5.56 Å². The van der Waals surface area contributed by atoms with Crippen molar-refractivity contribution < 1.29 is 22.8 Å². The molecule has 10 heteroatoms. The highest BCUT2D eigenvalue weighted by atomic mass is 19.4. The Bertz CT molecular complexity index is 831. The molecule has 1 N–H and O–H groups in total. The summed E-state index contributed by atoms with van der Waals surface area (Å²) < 4.78 is 39.5. The molecule has 1 aromatic carbocycles. The van der Waals surface area contributed by atoms with Crippen LogP contribution in [0.3, 0.4) is 0 Å². The molecule has 1 fully saturated rings. The van der Waals surface area contributed by atoms with Crippen LogP contribution in [0.5, 0.6) is 0 Å². The van der Waals surface area contributed by atoms with Gasteiger partial charge in [0.25, 0.3) is 0 Å². The number of carbonyl (C=O) groups excluding carboxylic acids is 2. The normalized spacial score (nSPS) is 20.5. The van der Waals surface area contributed by atoms with Crippen molar-refractivity contribution in [2.45, 2.75) is 12.1 Å². The summed E-state index contributed by atoms with van der Waals surface area (Å²) >= 11 is 0. The van der Waals surface area contributed by atoms with E-state index in [2.05, 4.69) is 15.4 Å². The minimum absolute atomic E-state index is 0.184. The van der Waals surface area contributed by atoms with Crippen molar-refractivity contribution in [1.29, 1.82) is 0 Å². The van der Waals surface area contributed by atoms with E-state index in [1.54, 1.807) is 14.1 Å². The number of nitrogens with zero attached hydrogens (tertiary/aromatic N) is 4. The van der Waals surface area contributed by atoms with Crippen molar-refractivity contribution in [1.82, 2.24) is 19.7 Å². The van der Waals surface area contributed by atoms with Crippen molar-refractivity contribution in [3.8, 4) is 0 Å². The Kier molecular flexibility index (Phi) is 4.43. The fraction of sp³-hybridized carbons (Fsp3) is 0.375. The number of likely N-dealkylation sites (N-methyl/N-ethyl adjacent to an activating group) is 1. The lowest BCUT2D eigenvalue weighted by molar-refractivity contribution is -0.138. The largest absolute Gasteiger partial charge is 0.416 e. The molecule has 1 aliphatic heterocycles. The van der Waals surface area contributed by atoms with Gasteiger partial charge in [0.2, 0.25) is 17.8 Å². The third-order valence-electron chi connectivity index (χ3n) is 4.41. The molecule has 26 heavy (non-hydrogen) atoms. The van der Waals surface area contributed by atoms with Gasteiger partial charge in [-0.05, 0) is 17.7 Å². The number of anilines is 1. The highest BCUT2D eigenvalue weighted by Crippen LogP contribution is 2.36. The Morgan fingerprint density at radius 1 is 1.23 bits per heavy atom. The fourth-order valence-electron chi connectivity index (χ4n) is 3.01. The van der Waals surface area contributed by atoms with E-state index in [-0.39, 0.29) is 12.5 Å². The molecule has 1 aliphatic rings. The lowest BCUT2D eigenvalue weighted by atomic mass is 9.87. The van der Waals surface area contributed by atoms with Crippen LogP contribution in [-0.4, -0.2) is 45.1 Å². The first-order chi connectivity index (χ1) is 12.2. The third kappa shape index (κ3) is 3.26. The average molecular weight is 367 g/mol. The SMILES string of the molecule is CN1C[C@@H](c2ccc(C(F)(F)F)cc2)[C@H](C(=O)Nc2ncnn2C)C1=O. The maximum atomic E-state index is 12.7. The number of alkyl halides is 3. The van der Waals surface area contributed by atoms with Crippen LogP contribution in [0.15, 0.2) is 30.6 Å². The standard InChI is InChI=1S/C16H16F3N5O2/c1-23-7-11(9-3-5-10(6-4-9)16(17,18)19)12(14(23)26)13(25)22-15-20-8-21-24(15)2/h3-6,8,11-12H,7H2,1-2H3,(H,20,21,22,25)/t11-,12+/m0/s1. The van der Waals surface area contributed by atoms with Crippen molar-refractivity contribution in [2.24, 2.45) is 13.0 Å². The van der Waals surface area contributed by atoms with Crippen LogP contribution < -0.4 is 5.32 Å². The number of amides is 2. The smallest absolute Gasteiger partial charge is 0.344 e. The maximum Gasteiger partial charge on any atom is 0.416 e. The van der Waals surface area contributed by atoms with E-state index >= 15 is 0 Å². The van der Waals surface area contributed by atoms with E-state index in [1.165, 1.54) is 28.0 Å². The highest BCUT2D eigenvalue weighted by Gasteiger charge is 2.44. The topological polar surface area (TPSA) is 80.1 Å². The lowest BCUT2D eigenvalue weighted by Gasteiger charge is -2.17. The number of benzene rings is 1. The Balaban J connectivity index is 1.86. The Morgan fingerprint density at radius 3 is 2.42 bits per heavy atom. The van der Waals surface area contributed by atoms with E-state index in [9.17, 15) is 22.8 Å². The number of aryl methyl sites for hydroxylation is 1. The summed E-state index contributed by atoms with van der Waals surface area (Å²) in [5, 5.41) is 6.37. The quantitative estimate of drug-likeness (QED) is 0.837. The molecule has 3 rings (SSSR count). The van der Waals surface area contributed by atoms with Crippen molar-refractivity contribution in [3.05, 3.63) is 41.7 Å². The second-order valence-electron chi connectivity index (χ2n) is 6.12. The van der Waals surface area contributed by atoms with Crippen molar-refractivity contribution >= 4 is 17.8 Å². The molecular weight excluding hydrogens is 351 g/mol. The van der Waals surface area contributed by atoms with Gasteiger partial charge in [-0.2, -0.15) is 23.3 Å². The van der Waals surface area contributed by atoms with Crippen LogP contribution in [0.4, 0.5) is 19.1 Å². The molecule has 2 aromatic rings. The zero-order valence-corrected chi connectivity index (χ0v) is 14.0. The number of nitrogens with one attached hydrogen (secondary N) is 1. The number of rotatable bonds is 3. The Morgan fingerprint density at radius 2 is 1.88 bits per heavy atom. The summed E-state index contributed by atoms with van der Waals surface area (Å²) in [5.74, 6) is -2.38. The fourth-order valence-corrected chi connectivity index (χ4v) is 3.01. The summed E-state index contributed by atoms with van der Waals surface area (Å²) in [6, 6.07) is 4.52. The average Bonchev–Trinajstić information content (AvgIpc) is 3.11. The van der Waals surface area contributed by atoms with Gasteiger partial charge in [-0.3, -0.25) is 14.9 Å². The Hall–Kier alpha value is -2.91. The van der Waals surface area contributed by atoms with Gasteiger partial charge in [0, 0.05) is 26.6 Å². The van der Waals surface area contributed by atoms with Gasteiger partial charge in [-0.1, -0.05) is 12.1 Å². The molecule has 0 unspecified atom stereocenters. The molecule has 7 nitrogen and oxygen atoms in total. The highest BCUT2D eigenvalue weighted by molar-refractivity contribution is 6.08. The van der Waals surface area contributed by atoms with Crippen molar-refractivity contribution in [2.75, 3.05) is 18.9 Å². The van der Waals surface area contributed by atoms with Crippen LogP contribution >= 0.6 is 0 Å².